The van der Waals surface area contributed by atoms with E-state index in [-0.39, 0.29) is 18.4 Å². The van der Waals surface area contributed by atoms with Crippen LogP contribution in [0.3, 0.4) is 0 Å². The summed E-state index contributed by atoms with van der Waals surface area (Å²) in [6.07, 6.45) is 1.76. The maximum Gasteiger partial charge on any atom is 0.407 e. The van der Waals surface area contributed by atoms with Crippen LogP contribution < -0.4 is 10.6 Å². The standard InChI is InChI=1S/C17H18N2O4/c1-10-7-12-14(16(21)19-15(12)20)13(8-10)18-17(22)23-9-11-5-3-2-4-6-11/h2-6,8,12-14H,7,9H2,1H3,(H,18,22)(H,19,20,21)/t12-,13+,14-/m0/s1. The molecule has 2 N–H and O–H groups in total. The lowest BCUT2D eigenvalue weighted by Crippen LogP contribution is -2.45. The summed E-state index contributed by atoms with van der Waals surface area (Å²) in [5.74, 6) is -1.57. The van der Waals surface area contributed by atoms with Crippen molar-refractivity contribution < 1.29 is 19.1 Å². The average Bonchev–Trinajstić information content (AvgIpc) is 2.81. The molecule has 1 heterocycles. The highest BCUT2D eigenvalue weighted by molar-refractivity contribution is 6.06. The molecule has 0 unspecified atom stereocenters. The number of rotatable bonds is 3. The van der Waals surface area contributed by atoms with Crippen molar-refractivity contribution in [1.29, 1.82) is 0 Å². The van der Waals surface area contributed by atoms with Gasteiger partial charge in [0.05, 0.1) is 17.9 Å². The Kier molecular flexibility index (Phi) is 4.14. The molecule has 1 saturated heterocycles. The molecule has 3 amide bonds. The quantitative estimate of drug-likeness (QED) is 0.654. The van der Waals surface area contributed by atoms with Crippen molar-refractivity contribution in [2.45, 2.75) is 26.0 Å². The summed E-state index contributed by atoms with van der Waals surface area (Å²) in [6.45, 7) is 2.04. The highest BCUT2D eigenvalue weighted by Gasteiger charge is 2.47. The van der Waals surface area contributed by atoms with E-state index in [0.717, 1.165) is 11.1 Å². The van der Waals surface area contributed by atoms with Gasteiger partial charge in [0.2, 0.25) is 11.8 Å². The zero-order valence-electron chi connectivity index (χ0n) is 12.7. The van der Waals surface area contributed by atoms with Crippen LogP contribution in [0, 0.1) is 11.8 Å². The van der Waals surface area contributed by atoms with Gasteiger partial charge in [0.1, 0.15) is 6.61 Å². The summed E-state index contributed by atoms with van der Waals surface area (Å²) in [5, 5.41) is 5.03. The number of hydrogen-bond donors (Lipinski definition) is 2. The predicted octanol–water partition coefficient (Wildman–Crippen LogP) is 1.52. The fourth-order valence-electron chi connectivity index (χ4n) is 3.13. The zero-order valence-corrected chi connectivity index (χ0v) is 12.7. The van der Waals surface area contributed by atoms with Gasteiger partial charge in [-0.05, 0) is 18.9 Å². The Morgan fingerprint density at radius 1 is 1.26 bits per heavy atom. The monoisotopic (exact) mass is 314 g/mol. The van der Waals surface area contributed by atoms with Crippen LogP contribution >= 0.6 is 0 Å². The molecule has 23 heavy (non-hydrogen) atoms. The Bertz CT molecular complexity index is 668. The van der Waals surface area contributed by atoms with E-state index in [0.29, 0.717) is 6.42 Å². The van der Waals surface area contributed by atoms with Gasteiger partial charge in [-0.3, -0.25) is 14.9 Å². The molecule has 1 aliphatic carbocycles. The topological polar surface area (TPSA) is 84.5 Å². The molecule has 0 bridgehead atoms. The number of amides is 3. The molecule has 6 nitrogen and oxygen atoms in total. The van der Waals surface area contributed by atoms with Gasteiger partial charge in [-0.25, -0.2) is 4.79 Å². The lowest BCUT2D eigenvalue weighted by Gasteiger charge is -2.28. The molecule has 0 aromatic heterocycles. The van der Waals surface area contributed by atoms with E-state index < -0.39 is 24.0 Å². The van der Waals surface area contributed by atoms with Crippen LogP contribution in [0.1, 0.15) is 18.9 Å². The highest BCUT2D eigenvalue weighted by atomic mass is 16.5. The lowest BCUT2D eigenvalue weighted by atomic mass is 9.78. The first kappa shape index (κ1) is 15.3. The third kappa shape index (κ3) is 3.26. The molecular formula is C17H18N2O4. The SMILES string of the molecule is CC1=C[C@@H](NC(=O)OCc2ccccc2)[C@H]2C(=O)NC(=O)[C@H]2C1. The van der Waals surface area contributed by atoms with E-state index in [1.165, 1.54) is 0 Å². The second kappa shape index (κ2) is 6.24. The molecule has 1 aromatic carbocycles. The number of ether oxygens (including phenoxy) is 1. The highest BCUT2D eigenvalue weighted by Crippen LogP contribution is 2.33. The average molecular weight is 314 g/mol. The van der Waals surface area contributed by atoms with Crippen molar-refractivity contribution in [1.82, 2.24) is 10.6 Å². The first-order valence-electron chi connectivity index (χ1n) is 7.54. The van der Waals surface area contributed by atoms with Gasteiger partial charge in [0.15, 0.2) is 0 Å². The van der Waals surface area contributed by atoms with Crippen LogP contribution in [0.2, 0.25) is 0 Å². The predicted molar refractivity (Wildman–Crippen MR) is 82.1 cm³/mol. The third-order valence-corrected chi connectivity index (χ3v) is 4.21. The van der Waals surface area contributed by atoms with Gasteiger partial charge in [-0.1, -0.05) is 42.0 Å². The van der Waals surface area contributed by atoms with Gasteiger partial charge in [0, 0.05) is 0 Å². The molecule has 3 rings (SSSR count). The van der Waals surface area contributed by atoms with Crippen LogP contribution in [-0.2, 0) is 20.9 Å². The summed E-state index contributed by atoms with van der Waals surface area (Å²) in [6, 6.07) is 8.80. The Balaban J connectivity index is 1.64. The van der Waals surface area contributed by atoms with E-state index >= 15 is 0 Å². The molecule has 0 radical (unpaired) electrons. The Morgan fingerprint density at radius 2 is 2.00 bits per heavy atom. The molecule has 0 saturated carbocycles. The van der Waals surface area contributed by atoms with E-state index in [1.807, 2.05) is 43.3 Å². The largest absolute Gasteiger partial charge is 0.445 e. The van der Waals surface area contributed by atoms with Crippen LogP contribution in [0.4, 0.5) is 4.79 Å². The maximum absolute atomic E-state index is 12.0. The number of hydrogen-bond acceptors (Lipinski definition) is 4. The van der Waals surface area contributed by atoms with Crippen molar-refractivity contribution in [3.05, 3.63) is 47.5 Å². The fraction of sp³-hybridized carbons (Fsp3) is 0.353. The van der Waals surface area contributed by atoms with E-state index in [1.54, 1.807) is 0 Å². The molecule has 1 aliphatic heterocycles. The lowest BCUT2D eigenvalue weighted by molar-refractivity contribution is -0.126. The minimum Gasteiger partial charge on any atom is -0.445 e. The molecule has 120 valence electrons. The van der Waals surface area contributed by atoms with Gasteiger partial charge in [-0.2, -0.15) is 0 Å². The van der Waals surface area contributed by atoms with Gasteiger partial charge in [0.25, 0.3) is 0 Å². The fourth-order valence-corrected chi connectivity index (χ4v) is 3.13. The van der Waals surface area contributed by atoms with Gasteiger partial charge < -0.3 is 10.1 Å². The summed E-state index contributed by atoms with van der Waals surface area (Å²) in [5.41, 5.74) is 1.86. The maximum atomic E-state index is 12.0. The van der Waals surface area contributed by atoms with Crippen LogP contribution in [0.25, 0.3) is 0 Å². The molecule has 1 fully saturated rings. The van der Waals surface area contributed by atoms with Crippen molar-refractivity contribution in [2.75, 3.05) is 0 Å². The van der Waals surface area contributed by atoms with E-state index in [9.17, 15) is 14.4 Å². The smallest absolute Gasteiger partial charge is 0.407 e. The Labute approximate surface area is 133 Å². The Morgan fingerprint density at radius 3 is 2.74 bits per heavy atom. The molecule has 1 aromatic rings. The first-order chi connectivity index (χ1) is 11.0. The van der Waals surface area contributed by atoms with Crippen LogP contribution in [-0.4, -0.2) is 23.9 Å². The molecule has 6 heteroatoms. The number of carbonyl (C=O) groups excluding carboxylic acids is 3. The van der Waals surface area contributed by atoms with Crippen molar-refractivity contribution in [3.8, 4) is 0 Å². The summed E-state index contributed by atoms with van der Waals surface area (Å²) in [7, 11) is 0. The van der Waals surface area contributed by atoms with Crippen LogP contribution in [0.15, 0.2) is 42.0 Å². The van der Waals surface area contributed by atoms with Crippen LogP contribution in [0.5, 0.6) is 0 Å². The minimum atomic E-state index is -0.601. The van der Waals surface area contributed by atoms with Crippen molar-refractivity contribution >= 4 is 17.9 Å². The van der Waals surface area contributed by atoms with E-state index in [4.69, 9.17) is 4.74 Å². The van der Waals surface area contributed by atoms with E-state index in [2.05, 4.69) is 10.6 Å². The van der Waals surface area contributed by atoms with Crippen molar-refractivity contribution in [3.63, 3.8) is 0 Å². The molecular weight excluding hydrogens is 296 g/mol. The first-order valence-corrected chi connectivity index (χ1v) is 7.54. The molecule has 2 aliphatic rings. The van der Waals surface area contributed by atoms with Gasteiger partial charge >= 0.3 is 6.09 Å². The number of allylic oxidation sites excluding steroid dienone is 1. The second-order valence-corrected chi connectivity index (χ2v) is 5.93. The summed E-state index contributed by atoms with van der Waals surface area (Å²) < 4.78 is 5.18. The van der Waals surface area contributed by atoms with Gasteiger partial charge in [-0.15, -0.1) is 0 Å². The molecule has 0 spiro atoms. The summed E-state index contributed by atoms with van der Waals surface area (Å²) >= 11 is 0. The number of alkyl carbamates (subject to hydrolysis) is 1. The number of benzene rings is 1. The second-order valence-electron chi connectivity index (χ2n) is 5.93. The third-order valence-electron chi connectivity index (χ3n) is 4.21. The number of fused-ring (bicyclic) bond motifs is 1. The normalized spacial score (nSPS) is 26.1. The summed E-state index contributed by atoms with van der Waals surface area (Å²) in [4.78, 5) is 35.7. The Hall–Kier alpha value is -2.63. The number of nitrogens with one attached hydrogen (secondary N) is 2. The number of carbonyl (C=O) groups is 3. The molecule has 3 atom stereocenters. The zero-order chi connectivity index (χ0) is 16.4. The van der Waals surface area contributed by atoms with Crippen molar-refractivity contribution in [2.24, 2.45) is 11.8 Å². The number of imide groups is 1. The minimum absolute atomic E-state index is 0.154.